The average molecular weight is 516 g/mol. The molecule has 1 rings (SSSR count). The Kier molecular flexibility index (Phi) is 13.1. The molecule has 0 aromatic heterocycles. The van der Waals surface area contributed by atoms with Crippen molar-refractivity contribution in [2.24, 2.45) is 5.41 Å². The maximum absolute atomic E-state index is 13.2. The number of likely N-dealkylation sites (N-methyl/N-ethyl adjacent to an activating group) is 1. The molecule has 0 spiro atoms. The number of carbonyl (C=O) groups is 3. The van der Waals surface area contributed by atoms with Gasteiger partial charge in [-0.1, -0.05) is 59.0 Å². The molecule has 3 unspecified atom stereocenters. The Morgan fingerprint density at radius 1 is 1.29 bits per heavy atom. The summed E-state index contributed by atoms with van der Waals surface area (Å²) < 4.78 is 7.48. The van der Waals surface area contributed by atoms with E-state index in [1.165, 1.54) is 11.8 Å². The van der Waals surface area contributed by atoms with Crippen molar-refractivity contribution in [3.8, 4) is 0 Å². The van der Waals surface area contributed by atoms with Crippen LogP contribution in [0.15, 0.2) is 23.6 Å². The van der Waals surface area contributed by atoms with Crippen molar-refractivity contribution in [3.63, 3.8) is 0 Å². The molecule has 0 bridgehead atoms. The molecule has 1 fully saturated rings. The van der Waals surface area contributed by atoms with Crippen molar-refractivity contribution >= 4 is 42.2 Å². The van der Waals surface area contributed by atoms with Crippen LogP contribution in [0.4, 0.5) is 4.79 Å². The lowest BCUT2D eigenvalue weighted by atomic mass is 9.85. The highest BCUT2D eigenvalue weighted by atomic mass is 32.2. The number of thioether (sulfide) groups is 1. The zero-order valence-corrected chi connectivity index (χ0v) is 23.0. The molecule has 11 heteroatoms. The number of carbonyl (C=O) groups excluding carboxylic acids is 3. The zero-order chi connectivity index (χ0) is 25.9. The van der Waals surface area contributed by atoms with Crippen molar-refractivity contribution in [2.75, 3.05) is 27.2 Å². The summed E-state index contributed by atoms with van der Waals surface area (Å²) in [6, 6.07) is -1.77. The first-order chi connectivity index (χ1) is 15.9. The van der Waals surface area contributed by atoms with E-state index in [1.807, 2.05) is 34.7 Å². The van der Waals surface area contributed by atoms with Crippen LogP contribution in [0, 0.1) is 5.41 Å². The maximum Gasteiger partial charge on any atom is 0.315 e. The van der Waals surface area contributed by atoms with E-state index in [0.29, 0.717) is 19.5 Å². The van der Waals surface area contributed by atoms with Gasteiger partial charge in [-0.15, -0.1) is 0 Å². The predicted octanol–water partition coefficient (Wildman–Crippen LogP) is 3.77. The van der Waals surface area contributed by atoms with Crippen molar-refractivity contribution in [1.82, 2.24) is 24.9 Å². The standard InChI is InChI=1S/C23H41N5O4S2/c1-9-12-18(15-26(7)32-34-27(8)17(3)33-10-2)24-22(31)25-20(23(4,5)6)21(30)28-14-11-13-19(28)16-29/h10,16,18-20H,2-3,9,11-15H2,1,4-8H3,(H2,24,25,31). The Labute approximate surface area is 213 Å². The van der Waals surface area contributed by atoms with E-state index in [1.54, 1.807) is 26.7 Å². The van der Waals surface area contributed by atoms with Gasteiger partial charge in [0.15, 0.2) is 0 Å². The van der Waals surface area contributed by atoms with Gasteiger partial charge in [0.1, 0.15) is 24.6 Å². The van der Waals surface area contributed by atoms with Crippen LogP contribution in [0.1, 0.15) is 53.4 Å². The van der Waals surface area contributed by atoms with Crippen molar-refractivity contribution in [3.05, 3.63) is 23.6 Å². The zero-order valence-electron chi connectivity index (χ0n) is 21.3. The summed E-state index contributed by atoms with van der Waals surface area (Å²) in [5.41, 5.74) is -0.516. The summed E-state index contributed by atoms with van der Waals surface area (Å²) in [5, 5.41) is 9.98. The summed E-state index contributed by atoms with van der Waals surface area (Å²) in [4.78, 5) is 39.1. The Bertz CT molecular complexity index is 716. The van der Waals surface area contributed by atoms with Crippen LogP contribution in [0.2, 0.25) is 0 Å². The molecule has 1 heterocycles. The van der Waals surface area contributed by atoms with Crippen LogP contribution in [-0.4, -0.2) is 77.8 Å². The number of hydrogen-bond acceptors (Lipinski definition) is 8. The summed E-state index contributed by atoms with van der Waals surface area (Å²) in [6.07, 6.45) is 3.88. The quantitative estimate of drug-likeness (QED) is 0.156. The van der Waals surface area contributed by atoms with Gasteiger partial charge in [0, 0.05) is 33.2 Å². The van der Waals surface area contributed by atoms with Gasteiger partial charge < -0.3 is 20.3 Å². The topological polar surface area (TPSA) is 94.2 Å². The first-order valence-electron chi connectivity index (χ1n) is 11.5. The molecule has 194 valence electrons. The number of hydroxylamine groups is 2. The fourth-order valence-corrected chi connectivity index (χ4v) is 4.52. The van der Waals surface area contributed by atoms with E-state index in [2.05, 4.69) is 23.8 Å². The van der Waals surface area contributed by atoms with Crippen molar-refractivity contribution in [2.45, 2.75) is 71.5 Å². The number of urea groups is 1. The molecule has 0 aromatic rings. The Morgan fingerprint density at radius 3 is 2.53 bits per heavy atom. The smallest absolute Gasteiger partial charge is 0.315 e. The molecule has 0 radical (unpaired) electrons. The third kappa shape index (κ3) is 9.89. The van der Waals surface area contributed by atoms with Crippen molar-refractivity contribution < 1.29 is 18.7 Å². The van der Waals surface area contributed by atoms with Crippen LogP contribution in [-0.2, 0) is 13.9 Å². The van der Waals surface area contributed by atoms with Gasteiger partial charge >= 0.3 is 6.03 Å². The number of rotatable bonds is 14. The second-order valence-electron chi connectivity index (χ2n) is 9.41. The molecule has 2 N–H and O–H groups in total. The van der Waals surface area contributed by atoms with E-state index < -0.39 is 23.5 Å². The van der Waals surface area contributed by atoms with Crippen LogP contribution in [0.3, 0.4) is 0 Å². The second-order valence-corrected chi connectivity index (χ2v) is 11.3. The Morgan fingerprint density at radius 2 is 1.97 bits per heavy atom. The number of nitrogens with zero attached hydrogens (tertiary/aromatic N) is 3. The lowest BCUT2D eigenvalue weighted by molar-refractivity contribution is -0.138. The molecule has 9 nitrogen and oxygen atoms in total. The summed E-state index contributed by atoms with van der Waals surface area (Å²) >= 11 is 2.53. The molecule has 3 amide bonds. The van der Waals surface area contributed by atoms with Gasteiger partial charge in [0.05, 0.1) is 11.1 Å². The number of nitrogens with one attached hydrogen (secondary N) is 2. The molecule has 0 aliphatic carbocycles. The molecule has 34 heavy (non-hydrogen) atoms. The number of likely N-dealkylation sites (tertiary alicyclic amines) is 1. The van der Waals surface area contributed by atoms with E-state index in [0.717, 1.165) is 42.8 Å². The molecular weight excluding hydrogens is 474 g/mol. The SMILES string of the molecule is C=CSC(=C)N(C)SON(C)CC(CCC)NC(=O)NC(C(=O)N1CCCC1C=O)C(C)(C)C. The predicted molar refractivity (Wildman–Crippen MR) is 140 cm³/mol. The van der Waals surface area contributed by atoms with E-state index in [-0.39, 0.29) is 11.9 Å². The van der Waals surface area contributed by atoms with Crippen LogP contribution in [0.25, 0.3) is 0 Å². The molecular formula is C23H41N5O4S2. The molecule has 0 aromatic carbocycles. The van der Waals surface area contributed by atoms with E-state index in [9.17, 15) is 14.4 Å². The molecule has 1 aliphatic rings. The molecule has 1 saturated heterocycles. The highest BCUT2D eigenvalue weighted by Gasteiger charge is 2.39. The normalized spacial score (nSPS) is 17.7. The average Bonchev–Trinajstić information content (AvgIpc) is 3.23. The van der Waals surface area contributed by atoms with Gasteiger partial charge in [-0.3, -0.25) is 9.10 Å². The fourth-order valence-electron chi connectivity index (χ4n) is 3.60. The maximum atomic E-state index is 13.2. The highest BCUT2D eigenvalue weighted by molar-refractivity contribution is 8.06. The monoisotopic (exact) mass is 515 g/mol. The first kappa shape index (κ1) is 30.3. The fraction of sp³-hybridized carbons (Fsp3) is 0.696. The lowest BCUT2D eigenvalue weighted by Crippen LogP contribution is -2.59. The summed E-state index contributed by atoms with van der Waals surface area (Å²) in [6.45, 7) is 16.3. The van der Waals surface area contributed by atoms with Crippen LogP contribution >= 0.6 is 24.0 Å². The summed E-state index contributed by atoms with van der Waals surface area (Å²) in [7, 11) is 3.63. The van der Waals surface area contributed by atoms with Gasteiger partial charge in [-0.2, -0.15) is 5.06 Å². The van der Waals surface area contributed by atoms with Crippen LogP contribution < -0.4 is 10.6 Å². The second kappa shape index (κ2) is 14.7. The van der Waals surface area contributed by atoms with E-state index >= 15 is 0 Å². The Balaban J connectivity index is 2.73. The van der Waals surface area contributed by atoms with Gasteiger partial charge in [-0.25, -0.2) is 9.08 Å². The van der Waals surface area contributed by atoms with Gasteiger partial charge in [0.25, 0.3) is 0 Å². The third-order valence-corrected chi connectivity index (χ3v) is 7.01. The number of amides is 3. The van der Waals surface area contributed by atoms with Crippen molar-refractivity contribution in [1.29, 1.82) is 0 Å². The minimum atomic E-state index is -0.748. The van der Waals surface area contributed by atoms with Gasteiger partial charge in [-0.05, 0) is 30.1 Å². The van der Waals surface area contributed by atoms with Crippen LogP contribution in [0.5, 0.6) is 0 Å². The molecule has 0 saturated carbocycles. The summed E-state index contributed by atoms with van der Waals surface area (Å²) in [5.74, 6) is -0.221. The first-order valence-corrected chi connectivity index (χ1v) is 13.1. The lowest BCUT2D eigenvalue weighted by Gasteiger charge is -2.35. The van der Waals surface area contributed by atoms with Gasteiger partial charge in [0.2, 0.25) is 5.91 Å². The molecule has 1 aliphatic heterocycles. The molecule has 3 atom stereocenters. The third-order valence-electron chi connectivity index (χ3n) is 5.42. The minimum Gasteiger partial charge on any atom is -0.334 e. The number of hydrogen-bond donors (Lipinski definition) is 2. The largest absolute Gasteiger partial charge is 0.334 e. The minimum absolute atomic E-state index is 0.183. The van der Waals surface area contributed by atoms with E-state index in [4.69, 9.17) is 4.28 Å². The Hall–Kier alpha value is -1.69. The number of aldehydes is 1. The highest BCUT2D eigenvalue weighted by Crippen LogP contribution is 2.26.